The highest BCUT2D eigenvalue weighted by atomic mass is 16.8. The molecule has 0 saturated heterocycles. The smallest absolute Gasteiger partial charge is 0.468 e. The van der Waals surface area contributed by atoms with Gasteiger partial charge in [0.05, 0.1) is 19.6 Å². The lowest BCUT2D eigenvalue weighted by molar-refractivity contribution is -0.153. The van der Waals surface area contributed by atoms with Crippen LogP contribution in [0.5, 0.6) is 11.5 Å². The fourth-order valence-electron chi connectivity index (χ4n) is 3.40. The van der Waals surface area contributed by atoms with Crippen molar-refractivity contribution >= 4 is 24.2 Å². The molecule has 0 aliphatic carbocycles. The molecule has 1 aromatic rings. The summed E-state index contributed by atoms with van der Waals surface area (Å²) in [6.07, 6.45) is -0.621. The van der Waals surface area contributed by atoms with E-state index in [1.54, 1.807) is 54.5 Å². The predicted octanol–water partition coefficient (Wildman–Crippen LogP) is 5.10. The van der Waals surface area contributed by atoms with Gasteiger partial charge in [0.1, 0.15) is 16.7 Å². The number of hydrogen-bond acceptors (Lipinski definition) is 11. The van der Waals surface area contributed by atoms with Crippen LogP contribution >= 0.6 is 0 Å². The van der Waals surface area contributed by atoms with Crippen molar-refractivity contribution in [1.82, 2.24) is 0 Å². The molecule has 2 N–H and O–H groups in total. The van der Waals surface area contributed by atoms with Crippen LogP contribution in [-0.2, 0) is 35.0 Å². The zero-order valence-electron chi connectivity index (χ0n) is 24.5. The van der Waals surface area contributed by atoms with Crippen molar-refractivity contribution in [2.75, 3.05) is 13.7 Å². The summed E-state index contributed by atoms with van der Waals surface area (Å²) in [6.45, 7) is 13.7. The van der Waals surface area contributed by atoms with Crippen LogP contribution in [0.1, 0.15) is 80.2 Å². The molecule has 0 aliphatic heterocycles. The Balaban J connectivity index is 3.22. The number of esters is 2. The highest BCUT2D eigenvalue weighted by Gasteiger charge is 2.36. The van der Waals surface area contributed by atoms with Crippen molar-refractivity contribution in [1.29, 1.82) is 0 Å². The minimum Gasteiger partial charge on any atom is -0.468 e. The largest absolute Gasteiger partial charge is 0.514 e. The van der Waals surface area contributed by atoms with E-state index in [0.29, 0.717) is 12.0 Å². The summed E-state index contributed by atoms with van der Waals surface area (Å²) >= 11 is 0. The van der Waals surface area contributed by atoms with Crippen molar-refractivity contribution in [3.63, 3.8) is 0 Å². The molecular formula is C28H43NO10. The third-order valence-corrected chi connectivity index (χ3v) is 5.20. The van der Waals surface area contributed by atoms with Gasteiger partial charge in [-0.1, -0.05) is 26.3 Å². The molecule has 1 aromatic carbocycles. The van der Waals surface area contributed by atoms with E-state index in [1.807, 2.05) is 6.92 Å². The van der Waals surface area contributed by atoms with E-state index in [4.69, 9.17) is 34.2 Å². The molecule has 0 heterocycles. The van der Waals surface area contributed by atoms with Crippen LogP contribution in [0, 0.1) is 5.92 Å². The van der Waals surface area contributed by atoms with Gasteiger partial charge in [-0.2, -0.15) is 0 Å². The van der Waals surface area contributed by atoms with Crippen LogP contribution in [0.4, 0.5) is 9.59 Å². The van der Waals surface area contributed by atoms with Gasteiger partial charge in [-0.15, -0.1) is 0 Å². The Kier molecular flexibility index (Phi) is 12.2. The second-order valence-electron chi connectivity index (χ2n) is 11.3. The first-order chi connectivity index (χ1) is 17.9. The summed E-state index contributed by atoms with van der Waals surface area (Å²) < 4.78 is 31.2. The molecule has 0 bridgehead atoms. The predicted molar refractivity (Wildman–Crippen MR) is 142 cm³/mol. The van der Waals surface area contributed by atoms with E-state index < -0.39 is 35.0 Å². The maximum atomic E-state index is 12.6. The van der Waals surface area contributed by atoms with Gasteiger partial charge < -0.3 is 34.2 Å². The van der Waals surface area contributed by atoms with Gasteiger partial charge in [-0.05, 0) is 65.7 Å². The van der Waals surface area contributed by atoms with Crippen LogP contribution < -0.4 is 15.2 Å². The summed E-state index contributed by atoms with van der Waals surface area (Å²) in [5.74, 6) is -1.63. The lowest BCUT2D eigenvalue weighted by Gasteiger charge is -2.27. The molecule has 0 spiro atoms. The Morgan fingerprint density at radius 3 is 1.92 bits per heavy atom. The molecule has 1 unspecified atom stereocenters. The first kappa shape index (κ1) is 33.7. The summed E-state index contributed by atoms with van der Waals surface area (Å²) in [4.78, 5) is 49.5. The maximum absolute atomic E-state index is 12.6. The number of ether oxygens (including phenoxy) is 6. The average molecular weight is 554 g/mol. The number of benzene rings is 1. The molecule has 0 saturated carbocycles. The van der Waals surface area contributed by atoms with Crippen LogP contribution in [0.2, 0.25) is 0 Å². The number of nitrogens with two attached hydrogens (primary N) is 1. The highest BCUT2D eigenvalue weighted by molar-refractivity contribution is 5.81. The van der Waals surface area contributed by atoms with E-state index in [0.717, 1.165) is 6.42 Å². The number of hydrogen-bond donors (Lipinski definition) is 1. The van der Waals surface area contributed by atoms with E-state index in [-0.39, 0.29) is 42.8 Å². The lowest BCUT2D eigenvalue weighted by Crippen LogP contribution is -2.51. The van der Waals surface area contributed by atoms with Crippen LogP contribution in [-0.4, -0.2) is 54.7 Å². The SMILES string of the molecule is CCCC(C)C(=O)OCC[C@@](N)(Cc1ccc(OC(=O)OC(C)(C)C)c(OC(=O)OC(C)(C)C)c1)C(=O)OC. The minimum atomic E-state index is -1.57. The van der Waals surface area contributed by atoms with Crippen LogP contribution in [0.3, 0.4) is 0 Å². The molecule has 39 heavy (non-hydrogen) atoms. The number of methoxy groups -OCH3 is 1. The van der Waals surface area contributed by atoms with Crippen molar-refractivity contribution in [3.8, 4) is 11.5 Å². The molecule has 0 radical (unpaired) electrons. The fraction of sp³-hybridized carbons (Fsp3) is 0.643. The standard InChI is InChI=1S/C28H43NO10/c1-10-11-18(2)22(30)35-15-14-28(29,23(31)34-9)17-19-12-13-20(36-24(32)38-26(3,4)5)21(16-19)37-25(33)39-27(6,7)8/h12-13,16,18H,10-11,14-15,17,29H2,1-9H3/t18?,28-/m1/s1. The normalized spacial score (nSPS) is 13.9. The first-order valence-corrected chi connectivity index (χ1v) is 12.9. The van der Waals surface area contributed by atoms with E-state index >= 15 is 0 Å². The molecular weight excluding hydrogens is 510 g/mol. The van der Waals surface area contributed by atoms with Crippen molar-refractivity contribution in [2.45, 2.75) is 97.8 Å². The van der Waals surface area contributed by atoms with Gasteiger partial charge in [0.2, 0.25) is 0 Å². The average Bonchev–Trinajstić information content (AvgIpc) is 2.77. The second kappa shape index (κ2) is 14.2. The second-order valence-corrected chi connectivity index (χ2v) is 11.3. The molecule has 0 amide bonds. The van der Waals surface area contributed by atoms with Gasteiger partial charge in [-0.3, -0.25) is 9.59 Å². The molecule has 2 atom stereocenters. The zero-order valence-corrected chi connectivity index (χ0v) is 24.5. The van der Waals surface area contributed by atoms with E-state index in [1.165, 1.54) is 19.2 Å². The summed E-state index contributed by atoms with van der Waals surface area (Å²) in [7, 11) is 1.20. The zero-order chi connectivity index (χ0) is 30.0. The topological polar surface area (TPSA) is 150 Å². The van der Waals surface area contributed by atoms with Crippen LogP contribution in [0.25, 0.3) is 0 Å². The Hall–Kier alpha value is -3.34. The summed E-state index contributed by atoms with van der Waals surface area (Å²) in [5, 5.41) is 0. The Labute approximate surface area is 230 Å². The van der Waals surface area contributed by atoms with Crippen molar-refractivity contribution in [3.05, 3.63) is 23.8 Å². The first-order valence-electron chi connectivity index (χ1n) is 12.9. The molecule has 11 nitrogen and oxygen atoms in total. The third kappa shape index (κ3) is 12.4. The minimum absolute atomic E-state index is 0.0251. The van der Waals surface area contributed by atoms with Gasteiger partial charge >= 0.3 is 24.2 Å². The Morgan fingerprint density at radius 2 is 1.44 bits per heavy atom. The lowest BCUT2D eigenvalue weighted by atomic mass is 9.88. The maximum Gasteiger partial charge on any atom is 0.514 e. The van der Waals surface area contributed by atoms with Crippen LogP contribution in [0.15, 0.2) is 18.2 Å². The summed E-state index contributed by atoms with van der Waals surface area (Å²) in [5.41, 5.74) is 3.64. The highest BCUT2D eigenvalue weighted by Crippen LogP contribution is 2.32. The molecule has 0 aliphatic rings. The molecule has 0 aromatic heterocycles. The Bertz CT molecular complexity index is 1010. The summed E-state index contributed by atoms with van der Waals surface area (Å²) in [6, 6.07) is 4.31. The Morgan fingerprint density at radius 1 is 0.897 bits per heavy atom. The molecule has 1 rings (SSSR count). The van der Waals surface area contributed by atoms with Crippen molar-refractivity contribution < 1.29 is 47.6 Å². The molecule has 0 fully saturated rings. The van der Waals surface area contributed by atoms with Gasteiger partial charge in [0.15, 0.2) is 11.5 Å². The number of carbonyl (C=O) groups is 4. The van der Waals surface area contributed by atoms with Gasteiger partial charge in [0.25, 0.3) is 0 Å². The van der Waals surface area contributed by atoms with Gasteiger partial charge in [0, 0.05) is 12.8 Å². The van der Waals surface area contributed by atoms with Crippen molar-refractivity contribution in [2.24, 2.45) is 11.7 Å². The third-order valence-electron chi connectivity index (χ3n) is 5.20. The monoisotopic (exact) mass is 553 g/mol. The fourth-order valence-corrected chi connectivity index (χ4v) is 3.40. The quantitative estimate of drug-likeness (QED) is 0.221. The molecule has 220 valence electrons. The number of rotatable bonds is 11. The number of carbonyl (C=O) groups excluding carboxylic acids is 4. The van der Waals surface area contributed by atoms with E-state index in [9.17, 15) is 19.2 Å². The van der Waals surface area contributed by atoms with E-state index in [2.05, 4.69) is 0 Å². The molecule has 11 heteroatoms. The van der Waals surface area contributed by atoms with Gasteiger partial charge in [-0.25, -0.2) is 9.59 Å².